The Morgan fingerprint density at radius 1 is 1.47 bits per heavy atom. The highest BCUT2D eigenvalue weighted by atomic mass is 16.5. The Kier molecular flexibility index (Phi) is 3.23. The van der Waals surface area contributed by atoms with Crippen LogP contribution in [0.2, 0.25) is 0 Å². The first-order valence-electron chi connectivity index (χ1n) is 6.25. The van der Waals surface area contributed by atoms with Crippen molar-refractivity contribution in [3.05, 3.63) is 11.7 Å². The van der Waals surface area contributed by atoms with Crippen LogP contribution >= 0.6 is 0 Å². The SMILES string of the molecule is CCC(C)(N)c1nc(C2(C)CCCCO2)no1. The molecular weight excluding hydrogens is 218 g/mol. The summed E-state index contributed by atoms with van der Waals surface area (Å²) in [6.45, 7) is 6.67. The average molecular weight is 239 g/mol. The Hall–Kier alpha value is -0.940. The first-order chi connectivity index (χ1) is 7.98. The van der Waals surface area contributed by atoms with Gasteiger partial charge in [0.1, 0.15) is 5.60 Å². The molecule has 96 valence electrons. The molecule has 5 heteroatoms. The second-order valence-corrected chi connectivity index (χ2v) is 5.23. The van der Waals surface area contributed by atoms with Crippen molar-refractivity contribution in [3.63, 3.8) is 0 Å². The van der Waals surface area contributed by atoms with Gasteiger partial charge in [-0.3, -0.25) is 0 Å². The molecule has 2 N–H and O–H groups in total. The van der Waals surface area contributed by atoms with Gasteiger partial charge in [-0.2, -0.15) is 4.98 Å². The highest BCUT2D eigenvalue weighted by Gasteiger charge is 2.37. The second kappa shape index (κ2) is 4.38. The highest BCUT2D eigenvalue weighted by molar-refractivity contribution is 5.05. The summed E-state index contributed by atoms with van der Waals surface area (Å²) in [6.07, 6.45) is 3.92. The van der Waals surface area contributed by atoms with Crippen molar-refractivity contribution < 1.29 is 9.26 Å². The number of ether oxygens (including phenoxy) is 1. The zero-order valence-electron chi connectivity index (χ0n) is 10.8. The Bertz CT molecular complexity index is 381. The van der Waals surface area contributed by atoms with E-state index in [1.54, 1.807) is 0 Å². The smallest absolute Gasteiger partial charge is 0.246 e. The van der Waals surface area contributed by atoms with Gasteiger partial charge in [-0.25, -0.2) is 0 Å². The molecule has 1 saturated heterocycles. The normalized spacial score (nSPS) is 28.9. The van der Waals surface area contributed by atoms with Crippen LogP contribution < -0.4 is 5.73 Å². The zero-order valence-corrected chi connectivity index (χ0v) is 10.8. The standard InChI is InChI=1S/C12H21N3O2/c1-4-11(2,13)10-14-9(15-17-10)12(3)7-5-6-8-16-12/h4-8,13H2,1-3H3. The van der Waals surface area contributed by atoms with Gasteiger partial charge >= 0.3 is 0 Å². The lowest BCUT2D eigenvalue weighted by Gasteiger charge is -2.30. The minimum atomic E-state index is -0.559. The summed E-state index contributed by atoms with van der Waals surface area (Å²) in [4.78, 5) is 4.42. The molecule has 0 radical (unpaired) electrons. The van der Waals surface area contributed by atoms with Crippen LogP contribution in [0.15, 0.2) is 4.52 Å². The first-order valence-corrected chi connectivity index (χ1v) is 6.25. The minimum absolute atomic E-state index is 0.413. The molecule has 0 bridgehead atoms. The quantitative estimate of drug-likeness (QED) is 0.874. The first kappa shape index (κ1) is 12.5. The molecule has 1 aromatic rings. The third kappa shape index (κ3) is 2.35. The maximum absolute atomic E-state index is 6.09. The predicted octanol–water partition coefficient (Wildman–Crippen LogP) is 2.07. The van der Waals surface area contributed by atoms with Crippen LogP contribution in [0.4, 0.5) is 0 Å². The Balaban J connectivity index is 2.23. The van der Waals surface area contributed by atoms with Gasteiger partial charge in [0.05, 0.1) is 5.54 Å². The lowest BCUT2D eigenvalue weighted by molar-refractivity contribution is -0.0770. The molecule has 1 aliphatic rings. The summed E-state index contributed by atoms with van der Waals surface area (Å²) in [6, 6.07) is 0. The molecule has 0 amide bonds. The van der Waals surface area contributed by atoms with Gasteiger partial charge < -0.3 is 15.0 Å². The third-order valence-electron chi connectivity index (χ3n) is 3.59. The zero-order chi connectivity index (χ0) is 12.5. The van der Waals surface area contributed by atoms with E-state index in [1.165, 1.54) is 0 Å². The molecule has 1 aromatic heterocycles. The van der Waals surface area contributed by atoms with Crippen molar-refractivity contribution in [2.45, 2.75) is 57.6 Å². The number of aromatic nitrogens is 2. The molecule has 2 unspecified atom stereocenters. The van der Waals surface area contributed by atoms with E-state index in [0.717, 1.165) is 32.3 Å². The summed E-state index contributed by atoms with van der Waals surface area (Å²) >= 11 is 0. The Labute approximate surface area is 102 Å². The highest BCUT2D eigenvalue weighted by Crippen LogP contribution is 2.33. The van der Waals surface area contributed by atoms with Crippen LogP contribution in [0.5, 0.6) is 0 Å². The van der Waals surface area contributed by atoms with Crippen molar-refractivity contribution in [1.29, 1.82) is 0 Å². The molecule has 0 aliphatic carbocycles. The van der Waals surface area contributed by atoms with Gasteiger partial charge in [-0.05, 0) is 39.5 Å². The van der Waals surface area contributed by atoms with Crippen LogP contribution in [0.25, 0.3) is 0 Å². The van der Waals surface area contributed by atoms with Gasteiger partial charge in [0.15, 0.2) is 0 Å². The molecule has 17 heavy (non-hydrogen) atoms. The molecule has 2 heterocycles. The van der Waals surface area contributed by atoms with Crippen LogP contribution in [-0.4, -0.2) is 16.7 Å². The summed E-state index contributed by atoms with van der Waals surface area (Å²) in [5.74, 6) is 1.11. The Morgan fingerprint density at radius 3 is 2.82 bits per heavy atom. The van der Waals surface area contributed by atoms with Crippen molar-refractivity contribution in [2.24, 2.45) is 5.73 Å². The molecule has 0 aromatic carbocycles. The minimum Gasteiger partial charge on any atom is -0.367 e. The molecule has 0 saturated carbocycles. The van der Waals surface area contributed by atoms with Crippen molar-refractivity contribution in [3.8, 4) is 0 Å². The summed E-state index contributed by atoms with van der Waals surface area (Å²) in [7, 11) is 0. The van der Waals surface area contributed by atoms with Gasteiger partial charge in [-0.1, -0.05) is 12.1 Å². The fraction of sp³-hybridized carbons (Fsp3) is 0.833. The van der Waals surface area contributed by atoms with Crippen LogP contribution in [0.3, 0.4) is 0 Å². The maximum atomic E-state index is 6.09. The number of hydrogen-bond acceptors (Lipinski definition) is 5. The number of hydrogen-bond donors (Lipinski definition) is 1. The van der Waals surface area contributed by atoms with Crippen molar-refractivity contribution >= 4 is 0 Å². The fourth-order valence-electron chi connectivity index (χ4n) is 1.93. The topological polar surface area (TPSA) is 74.2 Å². The number of nitrogens with zero attached hydrogens (tertiary/aromatic N) is 2. The molecule has 2 rings (SSSR count). The van der Waals surface area contributed by atoms with Crippen LogP contribution in [0, 0.1) is 0 Å². The summed E-state index contributed by atoms with van der Waals surface area (Å²) < 4.78 is 11.1. The van der Waals surface area contributed by atoms with E-state index in [-0.39, 0.29) is 0 Å². The maximum Gasteiger partial charge on any atom is 0.246 e. The van der Waals surface area contributed by atoms with Gasteiger partial charge in [0.2, 0.25) is 11.7 Å². The molecule has 2 atom stereocenters. The number of nitrogens with two attached hydrogens (primary N) is 1. The third-order valence-corrected chi connectivity index (χ3v) is 3.59. The van der Waals surface area contributed by atoms with E-state index in [4.69, 9.17) is 15.0 Å². The van der Waals surface area contributed by atoms with E-state index in [0.29, 0.717) is 11.7 Å². The van der Waals surface area contributed by atoms with E-state index >= 15 is 0 Å². The molecule has 1 aliphatic heterocycles. The monoisotopic (exact) mass is 239 g/mol. The predicted molar refractivity (Wildman–Crippen MR) is 63.3 cm³/mol. The Morgan fingerprint density at radius 2 is 2.24 bits per heavy atom. The van der Waals surface area contributed by atoms with Gasteiger partial charge in [-0.15, -0.1) is 0 Å². The fourth-order valence-corrected chi connectivity index (χ4v) is 1.93. The van der Waals surface area contributed by atoms with E-state index in [1.807, 2.05) is 20.8 Å². The van der Waals surface area contributed by atoms with Crippen LogP contribution in [-0.2, 0) is 15.9 Å². The largest absolute Gasteiger partial charge is 0.367 e. The van der Waals surface area contributed by atoms with E-state index in [9.17, 15) is 0 Å². The molecular formula is C12H21N3O2. The van der Waals surface area contributed by atoms with Crippen molar-refractivity contribution in [2.75, 3.05) is 6.61 Å². The average Bonchev–Trinajstić information content (AvgIpc) is 2.80. The summed E-state index contributed by atoms with van der Waals surface area (Å²) in [5, 5.41) is 4.03. The number of rotatable bonds is 3. The summed E-state index contributed by atoms with van der Waals surface area (Å²) in [5.41, 5.74) is 5.11. The van der Waals surface area contributed by atoms with Gasteiger partial charge in [0, 0.05) is 6.61 Å². The molecule has 0 spiro atoms. The van der Waals surface area contributed by atoms with Crippen molar-refractivity contribution in [1.82, 2.24) is 10.1 Å². The molecule has 1 fully saturated rings. The second-order valence-electron chi connectivity index (χ2n) is 5.23. The van der Waals surface area contributed by atoms with E-state index < -0.39 is 11.1 Å². The van der Waals surface area contributed by atoms with E-state index in [2.05, 4.69) is 10.1 Å². The lowest BCUT2D eigenvalue weighted by atomic mass is 9.95. The molecule has 5 nitrogen and oxygen atoms in total. The van der Waals surface area contributed by atoms with Gasteiger partial charge in [0.25, 0.3) is 0 Å². The lowest BCUT2D eigenvalue weighted by Crippen LogP contribution is -2.34. The van der Waals surface area contributed by atoms with Crippen LogP contribution in [0.1, 0.15) is 58.2 Å².